The van der Waals surface area contributed by atoms with Crippen molar-refractivity contribution in [3.8, 4) is 0 Å². The molecule has 0 aliphatic heterocycles. The van der Waals surface area contributed by atoms with Crippen LogP contribution in [0.4, 0.5) is 0 Å². The summed E-state index contributed by atoms with van der Waals surface area (Å²) in [5, 5.41) is 7.39. The van der Waals surface area contributed by atoms with E-state index in [0.29, 0.717) is 12.8 Å². The van der Waals surface area contributed by atoms with Crippen molar-refractivity contribution in [3.05, 3.63) is 0 Å². The van der Waals surface area contributed by atoms with Crippen molar-refractivity contribution >= 4 is 15.8 Å². The fourth-order valence-corrected chi connectivity index (χ4v) is 2.91. The molecule has 1 N–H and O–H groups in total. The molecular weight excluding hydrogens is 180 g/mol. The first kappa shape index (κ1) is 9.51. The van der Waals surface area contributed by atoms with E-state index in [0.717, 1.165) is 0 Å². The average Bonchev–Trinajstić information content (AvgIpc) is 2.65. The maximum Gasteiger partial charge on any atom is 0.304 e. The molecule has 4 nitrogen and oxygen atoms in total. The summed E-state index contributed by atoms with van der Waals surface area (Å²) in [5.41, 5.74) is 0. The third kappa shape index (κ3) is 1.97. The highest BCUT2D eigenvalue weighted by Crippen LogP contribution is 2.32. The van der Waals surface area contributed by atoms with Crippen LogP contribution >= 0.6 is 0 Å². The summed E-state index contributed by atoms with van der Waals surface area (Å²) in [5.74, 6) is -1.05. The predicted molar refractivity (Wildman–Crippen MR) is 43.7 cm³/mol. The van der Waals surface area contributed by atoms with E-state index >= 15 is 0 Å². The molecular formula is C7H12O4S. The minimum atomic E-state index is -3.14. The molecule has 1 fully saturated rings. The second kappa shape index (κ2) is 3.05. The fraction of sp³-hybridized carbons (Fsp3) is 0.857. The van der Waals surface area contributed by atoms with Gasteiger partial charge in [0, 0.05) is 0 Å². The summed E-state index contributed by atoms with van der Waals surface area (Å²) in [6, 6.07) is 0. The molecule has 1 atom stereocenters. The van der Waals surface area contributed by atoms with Crippen molar-refractivity contribution in [1.82, 2.24) is 0 Å². The summed E-state index contributed by atoms with van der Waals surface area (Å²) in [6.07, 6.45) is 1.12. The van der Waals surface area contributed by atoms with E-state index in [2.05, 4.69) is 0 Å². The van der Waals surface area contributed by atoms with Crippen LogP contribution in [0.2, 0.25) is 0 Å². The first-order chi connectivity index (χ1) is 5.44. The van der Waals surface area contributed by atoms with Crippen LogP contribution in [0.25, 0.3) is 0 Å². The van der Waals surface area contributed by atoms with Crippen molar-refractivity contribution in [3.63, 3.8) is 0 Å². The molecule has 1 rings (SSSR count). The number of hydrogen-bond acceptors (Lipinski definition) is 3. The van der Waals surface area contributed by atoms with Crippen molar-refractivity contribution in [2.24, 2.45) is 0 Å². The molecule has 1 aliphatic carbocycles. The lowest BCUT2D eigenvalue weighted by Crippen LogP contribution is -2.24. The van der Waals surface area contributed by atoms with Crippen molar-refractivity contribution in [1.29, 1.82) is 0 Å². The monoisotopic (exact) mass is 192 g/mol. The van der Waals surface area contributed by atoms with Gasteiger partial charge < -0.3 is 5.11 Å². The van der Waals surface area contributed by atoms with E-state index in [1.54, 1.807) is 0 Å². The summed E-state index contributed by atoms with van der Waals surface area (Å²) in [4.78, 5) is 10.2. The third-order valence-corrected chi connectivity index (χ3v) is 4.70. The summed E-state index contributed by atoms with van der Waals surface area (Å²) >= 11 is 0. The summed E-state index contributed by atoms with van der Waals surface area (Å²) < 4.78 is 22.7. The average molecular weight is 192 g/mol. The molecule has 0 radical (unpaired) electrons. The molecule has 0 heterocycles. The van der Waals surface area contributed by atoms with E-state index in [4.69, 9.17) is 5.11 Å². The Balaban J connectivity index is 2.61. The summed E-state index contributed by atoms with van der Waals surface area (Å²) in [7, 11) is -3.14. The van der Waals surface area contributed by atoms with E-state index in [1.165, 1.54) is 6.92 Å². The Hall–Kier alpha value is -0.580. The minimum absolute atomic E-state index is 0.258. The lowest BCUT2D eigenvalue weighted by atomic mass is 10.3. The number of carbonyl (C=O) groups is 1. The van der Waals surface area contributed by atoms with Gasteiger partial charge in [-0.1, -0.05) is 0 Å². The zero-order chi connectivity index (χ0) is 9.35. The normalized spacial score (nSPS) is 20.4. The minimum Gasteiger partial charge on any atom is -0.481 e. The van der Waals surface area contributed by atoms with Crippen LogP contribution < -0.4 is 0 Å². The molecule has 0 aromatic heterocycles. The van der Waals surface area contributed by atoms with Gasteiger partial charge in [-0.3, -0.25) is 4.79 Å². The lowest BCUT2D eigenvalue weighted by Gasteiger charge is -2.08. The number of hydrogen-bond donors (Lipinski definition) is 1. The number of carboxylic acid groups (broad SMARTS) is 1. The zero-order valence-corrected chi connectivity index (χ0v) is 7.67. The van der Waals surface area contributed by atoms with Crippen LogP contribution in [0.5, 0.6) is 0 Å². The maximum absolute atomic E-state index is 11.4. The van der Waals surface area contributed by atoms with Crippen molar-refractivity contribution in [2.45, 2.75) is 36.7 Å². The maximum atomic E-state index is 11.4. The van der Waals surface area contributed by atoms with Gasteiger partial charge in [-0.2, -0.15) is 0 Å². The molecule has 5 heteroatoms. The molecule has 1 unspecified atom stereocenters. The van der Waals surface area contributed by atoms with Crippen molar-refractivity contribution < 1.29 is 18.3 Å². The van der Waals surface area contributed by atoms with Crippen LogP contribution in [0.15, 0.2) is 0 Å². The Bertz CT molecular complexity index is 276. The first-order valence-corrected chi connectivity index (χ1v) is 5.50. The molecule has 1 aliphatic rings. The molecule has 0 amide bonds. The van der Waals surface area contributed by atoms with Crippen LogP contribution in [0.3, 0.4) is 0 Å². The Morgan fingerprint density at radius 1 is 1.58 bits per heavy atom. The molecule has 70 valence electrons. The zero-order valence-electron chi connectivity index (χ0n) is 6.86. The number of sulfone groups is 1. The Morgan fingerprint density at radius 3 is 2.42 bits per heavy atom. The Labute approximate surface area is 71.5 Å². The smallest absolute Gasteiger partial charge is 0.304 e. The predicted octanol–water partition coefficient (Wildman–Crippen LogP) is 0.427. The second-order valence-electron chi connectivity index (χ2n) is 3.20. The molecule has 0 aromatic carbocycles. The third-order valence-electron chi connectivity index (χ3n) is 2.01. The largest absolute Gasteiger partial charge is 0.481 e. The molecule has 0 bridgehead atoms. The molecule has 0 aromatic rings. The first-order valence-electron chi connectivity index (χ1n) is 3.89. The van der Waals surface area contributed by atoms with Gasteiger partial charge in [0.2, 0.25) is 0 Å². The SMILES string of the molecule is CC(CC(=O)O)S(=O)(=O)C1CC1. The van der Waals surface area contributed by atoms with E-state index in [1.807, 2.05) is 0 Å². The van der Waals surface area contributed by atoms with Gasteiger partial charge >= 0.3 is 5.97 Å². The van der Waals surface area contributed by atoms with Crippen LogP contribution in [-0.2, 0) is 14.6 Å². The van der Waals surface area contributed by atoms with Gasteiger partial charge in [-0.25, -0.2) is 8.42 Å². The van der Waals surface area contributed by atoms with E-state index in [9.17, 15) is 13.2 Å². The summed E-state index contributed by atoms with van der Waals surface area (Å²) in [6.45, 7) is 1.46. The van der Waals surface area contributed by atoms with Crippen LogP contribution in [-0.4, -0.2) is 30.0 Å². The Kier molecular flexibility index (Phi) is 2.41. The van der Waals surface area contributed by atoms with Crippen LogP contribution in [0.1, 0.15) is 26.2 Å². The highest BCUT2D eigenvalue weighted by Gasteiger charge is 2.39. The number of rotatable bonds is 4. The molecule has 0 spiro atoms. The van der Waals surface area contributed by atoms with Crippen LogP contribution in [0, 0.1) is 0 Å². The Morgan fingerprint density at radius 2 is 2.08 bits per heavy atom. The van der Waals surface area contributed by atoms with Crippen molar-refractivity contribution in [2.75, 3.05) is 0 Å². The number of carboxylic acids is 1. The number of aliphatic carboxylic acids is 1. The van der Waals surface area contributed by atoms with Gasteiger partial charge in [0.05, 0.1) is 16.9 Å². The van der Waals surface area contributed by atoms with Gasteiger partial charge in [0.1, 0.15) is 0 Å². The van der Waals surface area contributed by atoms with E-state index < -0.39 is 21.1 Å². The fourth-order valence-electron chi connectivity index (χ4n) is 1.09. The molecule has 0 saturated heterocycles. The van der Waals surface area contributed by atoms with Gasteiger partial charge in [-0.15, -0.1) is 0 Å². The quantitative estimate of drug-likeness (QED) is 0.701. The standard InChI is InChI=1S/C7H12O4S/c1-5(4-7(8)9)12(10,11)6-2-3-6/h5-6H,2-4H2,1H3,(H,8,9). The highest BCUT2D eigenvalue weighted by molar-refractivity contribution is 7.92. The second-order valence-corrected chi connectivity index (χ2v) is 5.85. The van der Waals surface area contributed by atoms with Gasteiger partial charge in [0.25, 0.3) is 0 Å². The molecule has 12 heavy (non-hydrogen) atoms. The topological polar surface area (TPSA) is 71.4 Å². The van der Waals surface area contributed by atoms with Gasteiger partial charge in [0.15, 0.2) is 9.84 Å². The highest BCUT2D eigenvalue weighted by atomic mass is 32.2. The molecule has 1 saturated carbocycles. The van der Waals surface area contributed by atoms with E-state index in [-0.39, 0.29) is 11.7 Å². The lowest BCUT2D eigenvalue weighted by molar-refractivity contribution is -0.136. The van der Waals surface area contributed by atoms with Gasteiger partial charge in [-0.05, 0) is 19.8 Å².